The van der Waals surface area contributed by atoms with Crippen LogP contribution < -0.4 is 11.1 Å². The number of pyridine rings is 1. The van der Waals surface area contributed by atoms with E-state index in [-0.39, 0.29) is 18.6 Å². The molecule has 174 valence electrons. The fourth-order valence-electron chi connectivity index (χ4n) is 3.90. The van der Waals surface area contributed by atoms with Crippen LogP contribution in [0.25, 0.3) is 17.2 Å². The number of benzene rings is 1. The van der Waals surface area contributed by atoms with Crippen molar-refractivity contribution in [1.29, 1.82) is 0 Å². The summed E-state index contributed by atoms with van der Waals surface area (Å²) in [6.07, 6.45) is 7.69. The second-order valence-electron chi connectivity index (χ2n) is 8.66. The molecular formula is C24H26N8O2. The van der Waals surface area contributed by atoms with E-state index in [0.717, 1.165) is 16.9 Å². The van der Waals surface area contributed by atoms with Gasteiger partial charge in [-0.3, -0.25) is 4.79 Å². The molecule has 3 heterocycles. The maximum Gasteiger partial charge on any atom is 0.258 e. The Morgan fingerprint density at radius 1 is 1.29 bits per heavy atom. The third-order valence-corrected chi connectivity index (χ3v) is 6.02. The number of aliphatic hydroxyl groups excluding tert-OH is 1. The number of rotatable bonds is 7. The smallest absolute Gasteiger partial charge is 0.258 e. The van der Waals surface area contributed by atoms with Crippen molar-refractivity contribution in [3.8, 4) is 17.2 Å². The maximum atomic E-state index is 13.2. The molecule has 0 aliphatic heterocycles. The van der Waals surface area contributed by atoms with Crippen molar-refractivity contribution in [2.24, 2.45) is 0 Å². The first-order valence-electron chi connectivity index (χ1n) is 11.2. The van der Waals surface area contributed by atoms with Crippen LogP contribution in [0.5, 0.6) is 0 Å². The summed E-state index contributed by atoms with van der Waals surface area (Å²) < 4.78 is 3.67. The summed E-state index contributed by atoms with van der Waals surface area (Å²) in [5.74, 6) is 1.04. The highest BCUT2D eigenvalue weighted by atomic mass is 16.3. The van der Waals surface area contributed by atoms with Crippen LogP contribution in [0.1, 0.15) is 53.3 Å². The normalized spacial score (nSPS) is 14.2. The van der Waals surface area contributed by atoms with Gasteiger partial charge in [0.1, 0.15) is 17.8 Å². The summed E-state index contributed by atoms with van der Waals surface area (Å²) in [5.41, 5.74) is 10.4. The lowest BCUT2D eigenvalue weighted by Crippen LogP contribution is -2.16. The molecule has 5 rings (SSSR count). The van der Waals surface area contributed by atoms with Crippen LogP contribution in [0.3, 0.4) is 0 Å². The van der Waals surface area contributed by atoms with Crippen molar-refractivity contribution in [2.75, 3.05) is 17.7 Å². The Hall–Kier alpha value is -4.05. The molecule has 0 bridgehead atoms. The molecule has 0 radical (unpaired) electrons. The summed E-state index contributed by atoms with van der Waals surface area (Å²) in [5, 5.41) is 20.4. The molecule has 1 aliphatic carbocycles. The van der Waals surface area contributed by atoms with Gasteiger partial charge in [-0.2, -0.15) is 0 Å². The molecule has 1 amide bonds. The Morgan fingerprint density at radius 3 is 2.88 bits per heavy atom. The van der Waals surface area contributed by atoms with E-state index in [1.807, 2.05) is 24.6 Å². The molecule has 1 unspecified atom stereocenters. The minimum Gasteiger partial charge on any atom is -0.398 e. The number of aromatic nitrogens is 6. The minimum atomic E-state index is -0.365. The summed E-state index contributed by atoms with van der Waals surface area (Å²) in [4.78, 5) is 22.2. The van der Waals surface area contributed by atoms with Gasteiger partial charge < -0.3 is 25.3 Å². The zero-order valence-electron chi connectivity index (χ0n) is 19.0. The van der Waals surface area contributed by atoms with E-state index in [4.69, 9.17) is 5.73 Å². The summed E-state index contributed by atoms with van der Waals surface area (Å²) in [7, 11) is 0. The van der Waals surface area contributed by atoms with Crippen LogP contribution in [-0.4, -0.2) is 46.9 Å². The predicted molar refractivity (Wildman–Crippen MR) is 128 cm³/mol. The van der Waals surface area contributed by atoms with Gasteiger partial charge in [-0.1, -0.05) is 6.07 Å². The van der Waals surface area contributed by atoms with E-state index in [9.17, 15) is 9.90 Å². The van der Waals surface area contributed by atoms with Gasteiger partial charge in [0.15, 0.2) is 5.82 Å². The van der Waals surface area contributed by atoms with Gasteiger partial charge in [-0.25, -0.2) is 9.97 Å². The third kappa shape index (κ3) is 4.15. The van der Waals surface area contributed by atoms with E-state index in [0.29, 0.717) is 34.5 Å². The fraction of sp³-hybridized carbons (Fsp3) is 0.292. The number of hydrogen-bond acceptors (Lipinski definition) is 7. The lowest BCUT2D eigenvalue weighted by atomic mass is 10.1. The molecular weight excluding hydrogens is 432 g/mol. The van der Waals surface area contributed by atoms with Gasteiger partial charge in [-0.05, 0) is 56.5 Å². The number of aliphatic hydroxyl groups is 1. The highest BCUT2D eigenvalue weighted by molar-refractivity contribution is 6.08. The Labute approximate surface area is 196 Å². The van der Waals surface area contributed by atoms with Crippen LogP contribution in [0, 0.1) is 6.92 Å². The number of carbonyl (C=O) groups excluding carboxylic acids is 1. The quantitative estimate of drug-likeness (QED) is 0.362. The molecule has 10 nitrogen and oxygen atoms in total. The number of nitrogen functional groups attached to an aromatic ring is 1. The van der Waals surface area contributed by atoms with Crippen molar-refractivity contribution in [2.45, 2.75) is 38.6 Å². The topological polar surface area (TPSA) is 137 Å². The highest BCUT2D eigenvalue weighted by Gasteiger charge is 2.26. The molecule has 1 atom stereocenters. The summed E-state index contributed by atoms with van der Waals surface area (Å²) in [6.45, 7) is 3.75. The van der Waals surface area contributed by atoms with Gasteiger partial charge >= 0.3 is 0 Å². The molecule has 1 fully saturated rings. The number of hydrogen-bond donors (Lipinski definition) is 3. The second-order valence-corrected chi connectivity index (χ2v) is 8.66. The van der Waals surface area contributed by atoms with Crippen LogP contribution in [0.15, 0.2) is 49.2 Å². The molecule has 1 saturated carbocycles. The number of nitrogens with one attached hydrogen (secondary N) is 1. The van der Waals surface area contributed by atoms with E-state index in [1.54, 1.807) is 47.6 Å². The Kier molecular flexibility index (Phi) is 5.58. The molecule has 0 spiro atoms. The molecule has 4 aromatic rings. The summed E-state index contributed by atoms with van der Waals surface area (Å²) >= 11 is 0. The predicted octanol–water partition coefficient (Wildman–Crippen LogP) is 3.10. The Bertz CT molecular complexity index is 1350. The zero-order chi connectivity index (χ0) is 23.8. The largest absolute Gasteiger partial charge is 0.398 e. The first-order chi connectivity index (χ1) is 16.4. The number of imidazole rings is 1. The van der Waals surface area contributed by atoms with Crippen LogP contribution in [0.2, 0.25) is 0 Å². The van der Waals surface area contributed by atoms with Crippen LogP contribution >= 0.6 is 0 Å². The standard InChI is InChI=1S/C24H26N8O2/c1-14-8-18(25)17(9-21(14)31-10-20(26-12-31)16-6-7-16)24(34)29-22-5-3-4-19(28-22)23-30-27-13-32(23)15(2)11-33/h3-5,8-10,12-13,15-16,33H,6-7,11,25H2,1-2H3,(H,28,29,34). The number of aryl methyl sites for hydroxylation is 1. The Balaban J connectivity index is 1.41. The van der Waals surface area contributed by atoms with Gasteiger partial charge in [-0.15, -0.1) is 10.2 Å². The molecule has 1 aromatic carbocycles. The van der Waals surface area contributed by atoms with Gasteiger partial charge in [0.25, 0.3) is 5.91 Å². The fourth-order valence-corrected chi connectivity index (χ4v) is 3.90. The lowest BCUT2D eigenvalue weighted by Gasteiger charge is -2.14. The number of nitrogens with zero attached hydrogens (tertiary/aromatic N) is 6. The number of nitrogens with two attached hydrogens (primary N) is 1. The monoisotopic (exact) mass is 458 g/mol. The van der Waals surface area contributed by atoms with Crippen LogP contribution in [-0.2, 0) is 0 Å². The first-order valence-corrected chi connectivity index (χ1v) is 11.2. The lowest BCUT2D eigenvalue weighted by molar-refractivity contribution is 0.102. The second kappa shape index (κ2) is 8.71. The van der Waals surface area contributed by atoms with Crippen molar-refractivity contribution >= 4 is 17.4 Å². The van der Waals surface area contributed by atoms with Crippen molar-refractivity contribution in [3.63, 3.8) is 0 Å². The average molecular weight is 459 g/mol. The number of anilines is 2. The van der Waals surface area contributed by atoms with E-state index >= 15 is 0 Å². The van der Waals surface area contributed by atoms with Gasteiger partial charge in [0, 0.05) is 17.8 Å². The molecule has 4 N–H and O–H groups in total. The molecule has 0 saturated heterocycles. The van der Waals surface area contributed by atoms with E-state index in [2.05, 4.69) is 25.5 Å². The number of amides is 1. The molecule has 34 heavy (non-hydrogen) atoms. The molecule has 10 heteroatoms. The third-order valence-electron chi connectivity index (χ3n) is 6.02. The van der Waals surface area contributed by atoms with E-state index in [1.165, 1.54) is 12.8 Å². The first kappa shape index (κ1) is 21.8. The van der Waals surface area contributed by atoms with E-state index < -0.39 is 0 Å². The number of carbonyl (C=O) groups is 1. The minimum absolute atomic E-state index is 0.0600. The van der Waals surface area contributed by atoms with Crippen molar-refractivity contribution in [3.05, 3.63) is 66.0 Å². The van der Waals surface area contributed by atoms with Crippen LogP contribution in [0.4, 0.5) is 11.5 Å². The Morgan fingerprint density at radius 2 is 2.12 bits per heavy atom. The van der Waals surface area contributed by atoms with Crippen molar-refractivity contribution < 1.29 is 9.90 Å². The van der Waals surface area contributed by atoms with Crippen molar-refractivity contribution in [1.82, 2.24) is 29.3 Å². The summed E-state index contributed by atoms with van der Waals surface area (Å²) in [6, 6.07) is 8.61. The zero-order valence-corrected chi connectivity index (χ0v) is 19.0. The average Bonchev–Trinajstić information content (AvgIpc) is 3.35. The molecule has 3 aromatic heterocycles. The maximum absolute atomic E-state index is 13.2. The highest BCUT2D eigenvalue weighted by Crippen LogP contribution is 2.39. The van der Waals surface area contributed by atoms with Gasteiger partial charge in [0.2, 0.25) is 0 Å². The van der Waals surface area contributed by atoms with Gasteiger partial charge in [0.05, 0.1) is 35.9 Å². The SMILES string of the molecule is Cc1cc(N)c(C(=O)Nc2cccc(-c3nncn3C(C)CO)n2)cc1-n1cnc(C2CC2)c1. The molecule has 1 aliphatic rings.